The van der Waals surface area contributed by atoms with E-state index < -0.39 is 10.0 Å². The molecule has 0 atom stereocenters. The first-order valence-electron chi connectivity index (χ1n) is 9.87. The van der Waals surface area contributed by atoms with Crippen molar-refractivity contribution in [1.29, 1.82) is 0 Å². The number of hydrogen-bond acceptors (Lipinski definition) is 3. The summed E-state index contributed by atoms with van der Waals surface area (Å²) in [5.74, 6) is -0.509. The first-order valence-corrected chi connectivity index (χ1v) is 11.3. The summed E-state index contributed by atoms with van der Waals surface area (Å²) in [6, 6.07) is 11.6. The van der Waals surface area contributed by atoms with Gasteiger partial charge in [0.1, 0.15) is 5.82 Å². The molecule has 1 aliphatic rings. The maximum atomic E-state index is 12.9. The molecule has 0 aliphatic carbocycles. The number of nitrogens with zero attached hydrogens (tertiary/aromatic N) is 1. The molecule has 2 aromatic rings. The van der Waals surface area contributed by atoms with Crippen LogP contribution in [-0.4, -0.2) is 38.3 Å². The fraction of sp³-hybridized carbons (Fsp3) is 0.409. The van der Waals surface area contributed by atoms with Gasteiger partial charge < -0.3 is 5.32 Å². The molecule has 1 N–H and O–H groups in total. The van der Waals surface area contributed by atoms with Gasteiger partial charge in [-0.25, -0.2) is 12.8 Å². The zero-order chi connectivity index (χ0) is 21.0. The lowest BCUT2D eigenvalue weighted by Gasteiger charge is -2.31. The van der Waals surface area contributed by atoms with Crippen LogP contribution in [0.5, 0.6) is 0 Å². The van der Waals surface area contributed by atoms with Crippen molar-refractivity contribution in [2.45, 2.75) is 38.0 Å². The van der Waals surface area contributed by atoms with Crippen molar-refractivity contribution in [2.24, 2.45) is 5.92 Å². The average Bonchev–Trinajstić information content (AvgIpc) is 2.69. The SMILES string of the molecule is Cc1ccc(S(=O)(=O)N2CCC(C(=O)NCCc3ccc(F)cc3)CC2)c(C)c1. The number of benzene rings is 2. The molecule has 0 radical (unpaired) electrons. The van der Waals surface area contributed by atoms with Gasteiger partial charge >= 0.3 is 0 Å². The molecule has 1 fully saturated rings. The van der Waals surface area contributed by atoms with E-state index in [4.69, 9.17) is 0 Å². The summed E-state index contributed by atoms with van der Waals surface area (Å²) in [5.41, 5.74) is 2.73. The predicted octanol–water partition coefficient (Wildman–Crippen LogP) is 3.20. The number of sulfonamides is 1. The molecule has 0 bridgehead atoms. The van der Waals surface area contributed by atoms with Crippen molar-refractivity contribution in [3.63, 3.8) is 0 Å². The number of rotatable bonds is 6. The lowest BCUT2D eigenvalue weighted by Crippen LogP contribution is -2.43. The number of piperidine rings is 1. The zero-order valence-electron chi connectivity index (χ0n) is 16.8. The van der Waals surface area contributed by atoms with Gasteiger partial charge in [-0.3, -0.25) is 4.79 Å². The molecule has 0 spiro atoms. The molecule has 156 valence electrons. The molecule has 7 heteroatoms. The summed E-state index contributed by atoms with van der Waals surface area (Å²) in [5, 5.41) is 2.92. The van der Waals surface area contributed by atoms with Crippen LogP contribution < -0.4 is 5.32 Å². The Morgan fingerprint density at radius 2 is 1.76 bits per heavy atom. The van der Waals surface area contributed by atoms with Crippen LogP contribution in [0, 0.1) is 25.6 Å². The van der Waals surface area contributed by atoms with Gasteiger partial charge in [-0.05, 0) is 62.4 Å². The van der Waals surface area contributed by atoms with Crippen LogP contribution in [0.25, 0.3) is 0 Å². The van der Waals surface area contributed by atoms with Gasteiger partial charge in [0, 0.05) is 25.6 Å². The van der Waals surface area contributed by atoms with Crippen LogP contribution in [0.2, 0.25) is 0 Å². The van der Waals surface area contributed by atoms with E-state index in [2.05, 4.69) is 5.32 Å². The van der Waals surface area contributed by atoms with Crippen molar-refractivity contribution in [2.75, 3.05) is 19.6 Å². The van der Waals surface area contributed by atoms with Crippen molar-refractivity contribution in [3.8, 4) is 0 Å². The van der Waals surface area contributed by atoms with Gasteiger partial charge in [0.05, 0.1) is 4.90 Å². The summed E-state index contributed by atoms with van der Waals surface area (Å²) >= 11 is 0. The Hall–Kier alpha value is -2.25. The number of halogens is 1. The van der Waals surface area contributed by atoms with Gasteiger partial charge in [-0.1, -0.05) is 29.8 Å². The fourth-order valence-electron chi connectivity index (χ4n) is 3.71. The summed E-state index contributed by atoms with van der Waals surface area (Å²) in [6.07, 6.45) is 1.64. The van der Waals surface area contributed by atoms with E-state index in [1.54, 1.807) is 31.2 Å². The second kappa shape index (κ2) is 9.05. The highest BCUT2D eigenvalue weighted by atomic mass is 32.2. The van der Waals surface area contributed by atoms with Gasteiger partial charge in [0.15, 0.2) is 0 Å². The van der Waals surface area contributed by atoms with E-state index in [0.29, 0.717) is 43.8 Å². The third-order valence-electron chi connectivity index (χ3n) is 5.40. The third kappa shape index (κ3) is 5.22. The fourth-order valence-corrected chi connectivity index (χ4v) is 5.39. The Balaban J connectivity index is 1.51. The molecule has 0 saturated carbocycles. The molecule has 1 amide bonds. The number of amides is 1. The minimum Gasteiger partial charge on any atom is -0.356 e. The smallest absolute Gasteiger partial charge is 0.243 e. The predicted molar refractivity (Wildman–Crippen MR) is 111 cm³/mol. The molecular weight excluding hydrogens is 391 g/mol. The van der Waals surface area contributed by atoms with E-state index in [-0.39, 0.29) is 17.6 Å². The molecule has 1 saturated heterocycles. The molecule has 0 unspecified atom stereocenters. The standard InChI is InChI=1S/C22H27FN2O3S/c1-16-3-8-21(17(2)15-16)29(27,28)25-13-10-19(11-14-25)22(26)24-12-9-18-4-6-20(23)7-5-18/h3-8,15,19H,9-14H2,1-2H3,(H,24,26). The number of carbonyl (C=O) groups is 1. The first-order chi connectivity index (χ1) is 13.8. The van der Waals surface area contributed by atoms with E-state index in [1.165, 1.54) is 16.4 Å². The molecular formula is C22H27FN2O3S. The lowest BCUT2D eigenvalue weighted by molar-refractivity contribution is -0.126. The van der Waals surface area contributed by atoms with Crippen LogP contribution in [0.4, 0.5) is 4.39 Å². The molecule has 1 aliphatic heterocycles. The average molecular weight is 419 g/mol. The Labute approximate surface area is 172 Å². The number of hydrogen-bond donors (Lipinski definition) is 1. The third-order valence-corrected chi connectivity index (χ3v) is 7.46. The Morgan fingerprint density at radius 1 is 1.10 bits per heavy atom. The van der Waals surface area contributed by atoms with E-state index in [1.807, 2.05) is 13.0 Å². The van der Waals surface area contributed by atoms with Crippen LogP contribution >= 0.6 is 0 Å². The maximum Gasteiger partial charge on any atom is 0.243 e. The minimum absolute atomic E-state index is 0.0457. The summed E-state index contributed by atoms with van der Waals surface area (Å²) in [6.45, 7) is 4.90. The van der Waals surface area contributed by atoms with Crippen LogP contribution in [0.15, 0.2) is 47.4 Å². The highest BCUT2D eigenvalue weighted by Crippen LogP contribution is 2.26. The normalized spacial score (nSPS) is 16.0. The topological polar surface area (TPSA) is 66.5 Å². The molecule has 29 heavy (non-hydrogen) atoms. The molecule has 3 rings (SSSR count). The maximum absolute atomic E-state index is 12.9. The summed E-state index contributed by atoms with van der Waals surface area (Å²) in [4.78, 5) is 12.8. The van der Waals surface area contributed by atoms with Crippen LogP contribution in [0.3, 0.4) is 0 Å². The van der Waals surface area contributed by atoms with Gasteiger partial charge in [0.25, 0.3) is 0 Å². The molecule has 5 nitrogen and oxygen atoms in total. The first kappa shape index (κ1) is 21.5. The van der Waals surface area contributed by atoms with E-state index in [0.717, 1.165) is 16.7 Å². The molecule has 1 heterocycles. The second-order valence-electron chi connectivity index (χ2n) is 7.61. The largest absolute Gasteiger partial charge is 0.356 e. The summed E-state index contributed by atoms with van der Waals surface area (Å²) in [7, 11) is -3.54. The summed E-state index contributed by atoms with van der Waals surface area (Å²) < 4.78 is 40.3. The van der Waals surface area contributed by atoms with E-state index in [9.17, 15) is 17.6 Å². The quantitative estimate of drug-likeness (QED) is 0.783. The monoisotopic (exact) mass is 418 g/mol. The van der Waals surface area contributed by atoms with Crippen LogP contribution in [0.1, 0.15) is 29.5 Å². The van der Waals surface area contributed by atoms with Crippen molar-refractivity contribution < 1.29 is 17.6 Å². The van der Waals surface area contributed by atoms with Gasteiger partial charge in [-0.2, -0.15) is 4.31 Å². The van der Waals surface area contributed by atoms with Crippen LogP contribution in [-0.2, 0) is 21.2 Å². The van der Waals surface area contributed by atoms with E-state index >= 15 is 0 Å². The number of nitrogens with one attached hydrogen (secondary N) is 1. The van der Waals surface area contributed by atoms with Crippen molar-refractivity contribution in [3.05, 3.63) is 65.0 Å². The second-order valence-corrected chi connectivity index (χ2v) is 9.52. The van der Waals surface area contributed by atoms with Crippen molar-refractivity contribution >= 4 is 15.9 Å². The lowest BCUT2D eigenvalue weighted by atomic mass is 9.97. The Morgan fingerprint density at radius 3 is 2.38 bits per heavy atom. The highest BCUT2D eigenvalue weighted by molar-refractivity contribution is 7.89. The molecule has 2 aromatic carbocycles. The van der Waals surface area contributed by atoms with Crippen molar-refractivity contribution in [1.82, 2.24) is 9.62 Å². The minimum atomic E-state index is -3.54. The number of aryl methyl sites for hydroxylation is 2. The van der Waals surface area contributed by atoms with Gasteiger partial charge in [-0.15, -0.1) is 0 Å². The Kier molecular flexibility index (Phi) is 6.70. The van der Waals surface area contributed by atoms with Gasteiger partial charge in [0.2, 0.25) is 15.9 Å². The molecule has 0 aromatic heterocycles. The Bertz CT molecular complexity index is 966. The number of carbonyl (C=O) groups excluding carboxylic acids is 1. The zero-order valence-corrected chi connectivity index (χ0v) is 17.6. The highest BCUT2D eigenvalue weighted by Gasteiger charge is 2.32.